The highest BCUT2D eigenvalue weighted by molar-refractivity contribution is 5.85. The van der Waals surface area contributed by atoms with Gasteiger partial charge in [0.25, 0.3) is 0 Å². The van der Waals surface area contributed by atoms with Gasteiger partial charge in [0, 0.05) is 23.5 Å². The number of nitrogens with zero attached hydrogens (tertiary/aromatic N) is 4. The third kappa shape index (κ3) is 3.29. The summed E-state index contributed by atoms with van der Waals surface area (Å²) < 4.78 is 14.9. The lowest BCUT2D eigenvalue weighted by Gasteiger charge is -2.08. The second kappa shape index (κ2) is 6.57. The molecule has 0 unspecified atom stereocenters. The Morgan fingerprint density at radius 2 is 2.08 bits per heavy atom. The van der Waals surface area contributed by atoms with Crippen molar-refractivity contribution in [2.24, 2.45) is 0 Å². The maximum absolute atomic E-state index is 13.5. The molecule has 3 aromatic rings. The van der Waals surface area contributed by atoms with E-state index in [2.05, 4.69) is 15.1 Å². The number of aryl methyl sites for hydroxylation is 1. The van der Waals surface area contributed by atoms with Gasteiger partial charge in [-0.3, -0.25) is 0 Å². The Bertz CT molecular complexity index is 892. The first-order valence-electron chi connectivity index (χ1n) is 7.50. The molecule has 0 saturated heterocycles. The van der Waals surface area contributed by atoms with Crippen molar-refractivity contribution in [3.8, 4) is 17.2 Å². The number of carbonyl (C=O) groups is 1. The predicted octanol–water partition coefficient (Wildman–Crippen LogP) is 3.12. The number of carboxylic acid groups (broad SMARTS) is 1. The molecule has 1 N–H and O–H groups in total. The van der Waals surface area contributed by atoms with Crippen molar-refractivity contribution >= 4 is 5.97 Å². The summed E-state index contributed by atoms with van der Waals surface area (Å²) >= 11 is 0. The van der Waals surface area contributed by atoms with Gasteiger partial charge in [-0.05, 0) is 24.6 Å². The highest BCUT2D eigenvalue weighted by Gasteiger charge is 2.12. The highest BCUT2D eigenvalue weighted by Crippen LogP contribution is 2.19. The summed E-state index contributed by atoms with van der Waals surface area (Å²) in [6, 6.07) is 9.19. The Morgan fingerprint density at radius 1 is 1.25 bits per heavy atom. The average Bonchev–Trinajstić information content (AvgIpc) is 3.05. The lowest BCUT2D eigenvalue weighted by atomic mass is 10.2. The summed E-state index contributed by atoms with van der Waals surface area (Å²) in [6.07, 6.45) is 3.14. The van der Waals surface area contributed by atoms with E-state index in [0.29, 0.717) is 17.2 Å². The minimum Gasteiger partial charge on any atom is -0.476 e. The van der Waals surface area contributed by atoms with E-state index in [4.69, 9.17) is 5.11 Å². The molecule has 0 amide bonds. The zero-order valence-corrected chi connectivity index (χ0v) is 13.0. The summed E-state index contributed by atoms with van der Waals surface area (Å²) in [7, 11) is 0. The summed E-state index contributed by atoms with van der Waals surface area (Å²) in [5, 5.41) is 13.0. The predicted molar refractivity (Wildman–Crippen MR) is 85.5 cm³/mol. The Hall–Kier alpha value is -3.09. The standard InChI is InChI=1S/C17H15FN4O2/c1-2-4-13-10-15(22-8-7-14(21-22)17(23)24)20-16(19-13)11-5-3-6-12(18)9-11/h3,5-10H,2,4H2,1H3,(H,23,24). The molecule has 6 nitrogen and oxygen atoms in total. The van der Waals surface area contributed by atoms with Crippen LogP contribution in [0.3, 0.4) is 0 Å². The van der Waals surface area contributed by atoms with Gasteiger partial charge >= 0.3 is 5.97 Å². The van der Waals surface area contributed by atoms with Crippen LogP contribution in [0.25, 0.3) is 17.2 Å². The van der Waals surface area contributed by atoms with E-state index < -0.39 is 5.97 Å². The second-order valence-corrected chi connectivity index (χ2v) is 5.25. The largest absolute Gasteiger partial charge is 0.476 e. The van der Waals surface area contributed by atoms with E-state index in [1.807, 2.05) is 6.92 Å². The first-order chi connectivity index (χ1) is 11.6. The van der Waals surface area contributed by atoms with Gasteiger partial charge in [-0.1, -0.05) is 25.5 Å². The van der Waals surface area contributed by atoms with Crippen molar-refractivity contribution in [1.82, 2.24) is 19.7 Å². The lowest BCUT2D eigenvalue weighted by Crippen LogP contribution is -2.06. The van der Waals surface area contributed by atoms with E-state index in [-0.39, 0.29) is 11.5 Å². The quantitative estimate of drug-likeness (QED) is 0.779. The molecule has 24 heavy (non-hydrogen) atoms. The maximum Gasteiger partial charge on any atom is 0.356 e. The number of rotatable bonds is 5. The smallest absolute Gasteiger partial charge is 0.356 e. The molecular weight excluding hydrogens is 311 g/mol. The minimum absolute atomic E-state index is 0.0713. The van der Waals surface area contributed by atoms with Crippen molar-refractivity contribution in [3.63, 3.8) is 0 Å². The van der Waals surface area contributed by atoms with Crippen LogP contribution in [-0.2, 0) is 6.42 Å². The summed E-state index contributed by atoms with van der Waals surface area (Å²) in [5.74, 6) is -0.657. The molecular formula is C17H15FN4O2. The van der Waals surface area contributed by atoms with Gasteiger partial charge in [0.15, 0.2) is 17.3 Å². The second-order valence-electron chi connectivity index (χ2n) is 5.25. The van der Waals surface area contributed by atoms with Crippen molar-refractivity contribution in [3.05, 3.63) is 59.8 Å². The molecule has 122 valence electrons. The molecule has 7 heteroatoms. The average molecular weight is 326 g/mol. The molecule has 0 aliphatic heterocycles. The molecule has 1 aromatic carbocycles. The topological polar surface area (TPSA) is 80.9 Å². The van der Waals surface area contributed by atoms with Crippen molar-refractivity contribution < 1.29 is 14.3 Å². The van der Waals surface area contributed by atoms with Gasteiger partial charge in [-0.25, -0.2) is 23.8 Å². The molecule has 0 fully saturated rings. The van der Waals surface area contributed by atoms with E-state index in [1.165, 1.54) is 29.1 Å². The van der Waals surface area contributed by atoms with Gasteiger partial charge in [0.1, 0.15) is 5.82 Å². The lowest BCUT2D eigenvalue weighted by molar-refractivity contribution is 0.0690. The van der Waals surface area contributed by atoms with Crippen LogP contribution in [0.4, 0.5) is 4.39 Å². The number of carboxylic acids is 1. The van der Waals surface area contributed by atoms with Gasteiger partial charge < -0.3 is 5.11 Å². The maximum atomic E-state index is 13.5. The fraction of sp³-hybridized carbons (Fsp3) is 0.176. The Morgan fingerprint density at radius 3 is 2.75 bits per heavy atom. The molecule has 0 aliphatic carbocycles. The molecule has 0 saturated carbocycles. The van der Waals surface area contributed by atoms with Crippen LogP contribution in [0.5, 0.6) is 0 Å². The van der Waals surface area contributed by atoms with Crippen LogP contribution in [0.2, 0.25) is 0 Å². The van der Waals surface area contributed by atoms with Gasteiger partial charge in [-0.15, -0.1) is 0 Å². The van der Waals surface area contributed by atoms with Crippen LogP contribution >= 0.6 is 0 Å². The molecule has 2 heterocycles. The number of benzene rings is 1. The van der Waals surface area contributed by atoms with Crippen LogP contribution in [-0.4, -0.2) is 30.8 Å². The zero-order valence-electron chi connectivity index (χ0n) is 13.0. The van der Waals surface area contributed by atoms with E-state index >= 15 is 0 Å². The normalized spacial score (nSPS) is 10.8. The minimum atomic E-state index is -1.11. The van der Waals surface area contributed by atoms with Gasteiger partial charge in [0.2, 0.25) is 0 Å². The first-order valence-corrected chi connectivity index (χ1v) is 7.50. The molecule has 0 spiro atoms. The molecule has 0 bridgehead atoms. The van der Waals surface area contributed by atoms with E-state index in [9.17, 15) is 9.18 Å². The fourth-order valence-electron chi connectivity index (χ4n) is 2.31. The molecule has 2 aromatic heterocycles. The zero-order chi connectivity index (χ0) is 17.1. The van der Waals surface area contributed by atoms with Gasteiger partial charge in [0.05, 0.1) is 0 Å². The van der Waals surface area contributed by atoms with Crippen LogP contribution in [0.1, 0.15) is 29.5 Å². The molecule has 0 radical (unpaired) electrons. The number of aromatic carboxylic acids is 1. The Labute approximate surface area is 137 Å². The number of hydrogen-bond acceptors (Lipinski definition) is 4. The summed E-state index contributed by atoms with van der Waals surface area (Å²) in [5.41, 5.74) is 1.27. The molecule has 0 atom stereocenters. The van der Waals surface area contributed by atoms with Crippen molar-refractivity contribution in [1.29, 1.82) is 0 Å². The summed E-state index contributed by atoms with van der Waals surface area (Å²) in [6.45, 7) is 2.03. The van der Waals surface area contributed by atoms with Crippen molar-refractivity contribution in [2.75, 3.05) is 0 Å². The third-order valence-electron chi connectivity index (χ3n) is 3.40. The SMILES string of the molecule is CCCc1cc(-n2ccc(C(=O)O)n2)nc(-c2cccc(F)c2)n1. The highest BCUT2D eigenvalue weighted by atomic mass is 19.1. The third-order valence-corrected chi connectivity index (χ3v) is 3.40. The number of hydrogen-bond donors (Lipinski definition) is 1. The Kier molecular flexibility index (Phi) is 4.33. The fourth-order valence-corrected chi connectivity index (χ4v) is 2.31. The summed E-state index contributed by atoms with van der Waals surface area (Å²) in [4.78, 5) is 19.9. The van der Waals surface area contributed by atoms with Crippen LogP contribution < -0.4 is 0 Å². The monoisotopic (exact) mass is 326 g/mol. The first kappa shape index (κ1) is 15.8. The Balaban J connectivity index is 2.10. The number of aromatic nitrogens is 4. The van der Waals surface area contributed by atoms with E-state index in [1.54, 1.807) is 18.2 Å². The van der Waals surface area contributed by atoms with Gasteiger partial charge in [-0.2, -0.15) is 5.10 Å². The van der Waals surface area contributed by atoms with Crippen LogP contribution in [0, 0.1) is 5.82 Å². The molecule has 0 aliphatic rings. The van der Waals surface area contributed by atoms with Crippen molar-refractivity contribution in [2.45, 2.75) is 19.8 Å². The van der Waals surface area contributed by atoms with Crippen LogP contribution in [0.15, 0.2) is 42.6 Å². The number of halogens is 1. The van der Waals surface area contributed by atoms with E-state index in [0.717, 1.165) is 18.5 Å². The molecule has 3 rings (SSSR count).